The molecule has 3 heteroatoms. The molecule has 3 nitrogen and oxygen atoms in total. The predicted octanol–water partition coefficient (Wildman–Crippen LogP) is 3.14. The van der Waals surface area contributed by atoms with E-state index in [1.807, 2.05) is 12.1 Å². The van der Waals surface area contributed by atoms with Crippen LogP contribution in [0.4, 0.5) is 0 Å². The van der Waals surface area contributed by atoms with Crippen LogP contribution in [0, 0.1) is 5.41 Å². The highest BCUT2D eigenvalue weighted by Gasteiger charge is 2.35. The minimum atomic E-state index is 0.0324. The van der Waals surface area contributed by atoms with Crippen LogP contribution in [-0.4, -0.2) is 19.2 Å². The number of hydrogen-bond donors (Lipinski definition) is 1. The molecule has 0 bridgehead atoms. The second kappa shape index (κ2) is 5.23. The molecule has 1 aliphatic heterocycles. The van der Waals surface area contributed by atoms with Crippen LogP contribution in [0.5, 0.6) is 0 Å². The molecular formula is C14H23NO2. The molecule has 1 fully saturated rings. The van der Waals surface area contributed by atoms with Crippen LogP contribution < -0.4 is 5.32 Å². The number of nitrogens with one attached hydrogen (secondary N) is 1. The summed E-state index contributed by atoms with van der Waals surface area (Å²) in [6.45, 7) is 8.48. The number of rotatable bonds is 3. The molecule has 0 radical (unpaired) electrons. The molecule has 0 spiro atoms. The van der Waals surface area contributed by atoms with E-state index in [2.05, 4.69) is 26.1 Å². The average Bonchev–Trinajstić information content (AvgIpc) is 2.82. The summed E-state index contributed by atoms with van der Waals surface area (Å²) < 4.78 is 11.6. The molecule has 0 saturated carbocycles. The standard InChI is InChI=1S/C14H23NO2/c1-4-14(5-2)9-15-11(3)13(17-10-14)12-7-6-8-16-12/h6-8,11,13,15H,4-5,9-10H2,1-3H3. The van der Waals surface area contributed by atoms with Crippen LogP contribution >= 0.6 is 0 Å². The Hall–Kier alpha value is -0.800. The monoisotopic (exact) mass is 237 g/mol. The molecule has 0 aromatic carbocycles. The molecule has 2 unspecified atom stereocenters. The zero-order valence-corrected chi connectivity index (χ0v) is 11.0. The molecule has 0 amide bonds. The topological polar surface area (TPSA) is 34.4 Å². The third kappa shape index (κ3) is 2.55. The largest absolute Gasteiger partial charge is 0.467 e. The molecule has 17 heavy (non-hydrogen) atoms. The smallest absolute Gasteiger partial charge is 0.134 e. The summed E-state index contributed by atoms with van der Waals surface area (Å²) in [6, 6.07) is 4.21. The Balaban J connectivity index is 2.12. The van der Waals surface area contributed by atoms with Crippen molar-refractivity contribution in [2.75, 3.05) is 13.2 Å². The van der Waals surface area contributed by atoms with Gasteiger partial charge in [0.25, 0.3) is 0 Å². The molecule has 2 rings (SSSR count). The van der Waals surface area contributed by atoms with E-state index < -0.39 is 0 Å². The van der Waals surface area contributed by atoms with Crippen LogP contribution in [0.3, 0.4) is 0 Å². The predicted molar refractivity (Wildman–Crippen MR) is 67.9 cm³/mol. The van der Waals surface area contributed by atoms with Gasteiger partial charge in [-0.2, -0.15) is 0 Å². The zero-order chi connectivity index (χ0) is 12.3. The number of ether oxygens (including phenoxy) is 1. The minimum Gasteiger partial charge on any atom is -0.467 e. The summed E-state index contributed by atoms with van der Waals surface area (Å²) in [5, 5.41) is 3.59. The lowest BCUT2D eigenvalue weighted by molar-refractivity contribution is -0.0108. The molecule has 0 aliphatic carbocycles. The SMILES string of the molecule is CCC1(CC)CNC(C)C(c2ccco2)OC1. The lowest BCUT2D eigenvalue weighted by atomic mass is 9.83. The van der Waals surface area contributed by atoms with Gasteiger partial charge in [-0.3, -0.25) is 0 Å². The second-order valence-corrected chi connectivity index (χ2v) is 5.12. The van der Waals surface area contributed by atoms with Crippen LogP contribution in [0.25, 0.3) is 0 Å². The van der Waals surface area contributed by atoms with Crippen molar-refractivity contribution in [1.82, 2.24) is 5.32 Å². The highest BCUT2D eigenvalue weighted by Crippen LogP contribution is 2.33. The molecule has 1 aromatic heterocycles. The van der Waals surface area contributed by atoms with Gasteiger partial charge in [0, 0.05) is 18.0 Å². The lowest BCUT2D eigenvalue weighted by Gasteiger charge is -2.29. The second-order valence-electron chi connectivity index (χ2n) is 5.12. The third-order valence-corrected chi connectivity index (χ3v) is 4.15. The van der Waals surface area contributed by atoms with E-state index in [0.717, 1.165) is 31.8 Å². The summed E-state index contributed by atoms with van der Waals surface area (Å²) in [5.41, 5.74) is 0.273. The molecule has 1 aromatic rings. The normalized spacial score (nSPS) is 28.9. The zero-order valence-electron chi connectivity index (χ0n) is 11.0. The quantitative estimate of drug-likeness (QED) is 0.877. The van der Waals surface area contributed by atoms with Crippen LogP contribution in [0.1, 0.15) is 45.5 Å². The van der Waals surface area contributed by atoms with E-state index in [4.69, 9.17) is 9.15 Å². The summed E-state index contributed by atoms with van der Waals surface area (Å²) in [5.74, 6) is 0.924. The van der Waals surface area contributed by atoms with E-state index in [1.54, 1.807) is 6.26 Å². The lowest BCUT2D eigenvalue weighted by Crippen LogP contribution is -2.37. The van der Waals surface area contributed by atoms with Crippen LogP contribution in [-0.2, 0) is 4.74 Å². The van der Waals surface area contributed by atoms with E-state index in [1.165, 1.54) is 0 Å². The molecular weight excluding hydrogens is 214 g/mol. The maximum atomic E-state index is 6.10. The van der Waals surface area contributed by atoms with Gasteiger partial charge in [-0.1, -0.05) is 13.8 Å². The fraction of sp³-hybridized carbons (Fsp3) is 0.714. The van der Waals surface area contributed by atoms with E-state index in [9.17, 15) is 0 Å². The first-order valence-electron chi connectivity index (χ1n) is 6.59. The van der Waals surface area contributed by atoms with Crippen molar-refractivity contribution in [3.8, 4) is 0 Å². The third-order valence-electron chi connectivity index (χ3n) is 4.15. The van der Waals surface area contributed by atoms with Crippen LogP contribution in [0.15, 0.2) is 22.8 Å². The van der Waals surface area contributed by atoms with Gasteiger partial charge in [-0.15, -0.1) is 0 Å². The van der Waals surface area contributed by atoms with E-state index >= 15 is 0 Å². The molecule has 96 valence electrons. The fourth-order valence-corrected chi connectivity index (χ4v) is 2.43. The van der Waals surface area contributed by atoms with Gasteiger partial charge in [-0.25, -0.2) is 0 Å². The minimum absolute atomic E-state index is 0.0324. The Kier molecular flexibility index (Phi) is 3.89. The van der Waals surface area contributed by atoms with Gasteiger partial charge in [0.15, 0.2) is 0 Å². The number of furan rings is 1. The summed E-state index contributed by atoms with van der Waals surface area (Å²) in [7, 11) is 0. The first kappa shape index (κ1) is 12.7. The van der Waals surface area contributed by atoms with Crippen molar-refractivity contribution in [1.29, 1.82) is 0 Å². The van der Waals surface area contributed by atoms with Crippen molar-refractivity contribution < 1.29 is 9.15 Å². The summed E-state index contributed by atoms with van der Waals surface area (Å²) in [6.07, 6.45) is 4.04. The highest BCUT2D eigenvalue weighted by atomic mass is 16.5. The Morgan fingerprint density at radius 2 is 2.18 bits per heavy atom. The molecule has 1 saturated heterocycles. The average molecular weight is 237 g/mol. The van der Waals surface area contributed by atoms with E-state index in [-0.39, 0.29) is 11.5 Å². The fourth-order valence-electron chi connectivity index (χ4n) is 2.43. The maximum Gasteiger partial charge on any atom is 0.134 e. The molecule has 1 aliphatic rings. The Labute approximate surface area is 104 Å². The van der Waals surface area contributed by atoms with Gasteiger partial charge >= 0.3 is 0 Å². The first-order chi connectivity index (χ1) is 8.21. The maximum absolute atomic E-state index is 6.10. The Bertz CT molecular complexity index is 330. The van der Waals surface area contributed by atoms with Crippen LogP contribution in [0.2, 0.25) is 0 Å². The van der Waals surface area contributed by atoms with Crippen molar-refractivity contribution in [3.63, 3.8) is 0 Å². The van der Waals surface area contributed by atoms with Gasteiger partial charge < -0.3 is 14.5 Å². The van der Waals surface area contributed by atoms with E-state index in [0.29, 0.717) is 6.04 Å². The Morgan fingerprint density at radius 3 is 2.76 bits per heavy atom. The van der Waals surface area contributed by atoms with Crippen molar-refractivity contribution >= 4 is 0 Å². The number of hydrogen-bond acceptors (Lipinski definition) is 3. The van der Waals surface area contributed by atoms with Crippen molar-refractivity contribution in [3.05, 3.63) is 24.2 Å². The summed E-state index contributed by atoms with van der Waals surface area (Å²) in [4.78, 5) is 0. The van der Waals surface area contributed by atoms with Crippen molar-refractivity contribution in [2.24, 2.45) is 5.41 Å². The molecule has 2 heterocycles. The van der Waals surface area contributed by atoms with Gasteiger partial charge in [0.2, 0.25) is 0 Å². The molecule has 2 atom stereocenters. The Morgan fingerprint density at radius 1 is 1.41 bits per heavy atom. The first-order valence-corrected chi connectivity index (χ1v) is 6.59. The van der Waals surface area contributed by atoms with Crippen molar-refractivity contribution in [2.45, 2.75) is 45.8 Å². The molecule has 1 N–H and O–H groups in total. The van der Waals surface area contributed by atoms with Gasteiger partial charge in [0.1, 0.15) is 11.9 Å². The summed E-state index contributed by atoms with van der Waals surface area (Å²) >= 11 is 0. The van der Waals surface area contributed by atoms with Gasteiger partial charge in [-0.05, 0) is 31.9 Å². The van der Waals surface area contributed by atoms with Gasteiger partial charge in [0.05, 0.1) is 12.9 Å². The highest BCUT2D eigenvalue weighted by molar-refractivity contribution is 5.06.